The fraction of sp³-hybridized carbons (Fsp3) is 0.958. The van der Waals surface area contributed by atoms with Gasteiger partial charge < -0.3 is 14.6 Å². The van der Waals surface area contributed by atoms with Gasteiger partial charge in [0.1, 0.15) is 6.61 Å². The van der Waals surface area contributed by atoms with Gasteiger partial charge in [-0.25, -0.2) is 0 Å². The van der Waals surface area contributed by atoms with E-state index in [2.05, 4.69) is 27.7 Å². The van der Waals surface area contributed by atoms with E-state index in [1.807, 2.05) is 0 Å². The van der Waals surface area contributed by atoms with Crippen molar-refractivity contribution < 1.29 is 24.2 Å². The molecular formula is C48H94O5. The van der Waals surface area contributed by atoms with Crippen molar-refractivity contribution in [2.24, 2.45) is 11.8 Å². The van der Waals surface area contributed by atoms with Gasteiger partial charge in [0.15, 0.2) is 6.10 Å². The van der Waals surface area contributed by atoms with Gasteiger partial charge >= 0.3 is 11.9 Å². The second-order valence-electron chi connectivity index (χ2n) is 17.3. The molecule has 0 aliphatic rings. The molecule has 1 N–H and O–H groups in total. The molecule has 0 bridgehead atoms. The SMILES string of the molecule is CCC(C)CCCCCCCCCCCCCCCCCCCCC(=O)OC[C@H](CO)OC(=O)CCCCCCCCCCCCCCCCC(C)C. The zero-order chi connectivity index (χ0) is 38.9. The maximum atomic E-state index is 12.2. The number of ether oxygens (including phenoxy) is 2. The van der Waals surface area contributed by atoms with Crippen molar-refractivity contribution in [3.8, 4) is 0 Å². The second-order valence-corrected chi connectivity index (χ2v) is 17.3. The van der Waals surface area contributed by atoms with Gasteiger partial charge in [-0.15, -0.1) is 0 Å². The van der Waals surface area contributed by atoms with Crippen LogP contribution < -0.4 is 0 Å². The number of aliphatic hydroxyl groups excluding tert-OH is 1. The van der Waals surface area contributed by atoms with E-state index in [1.54, 1.807) is 0 Å². The molecule has 0 fully saturated rings. The largest absolute Gasteiger partial charge is 0.462 e. The molecule has 0 aliphatic carbocycles. The lowest BCUT2D eigenvalue weighted by atomic mass is 9.99. The molecule has 316 valence electrons. The summed E-state index contributed by atoms with van der Waals surface area (Å²) in [5.74, 6) is 1.19. The molecule has 0 saturated carbocycles. The minimum absolute atomic E-state index is 0.0574. The number of hydrogen-bond donors (Lipinski definition) is 1. The monoisotopic (exact) mass is 751 g/mol. The molecule has 5 heteroatoms. The lowest BCUT2D eigenvalue weighted by Gasteiger charge is -2.15. The van der Waals surface area contributed by atoms with Crippen LogP contribution in [0.15, 0.2) is 0 Å². The third kappa shape index (κ3) is 41.9. The highest BCUT2D eigenvalue weighted by molar-refractivity contribution is 5.70. The Morgan fingerprint density at radius 1 is 0.434 bits per heavy atom. The van der Waals surface area contributed by atoms with Crippen molar-refractivity contribution in [3.05, 3.63) is 0 Å². The first-order chi connectivity index (χ1) is 25.9. The van der Waals surface area contributed by atoms with E-state index in [-0.39, 0.29) is 25.2 Å². The highest BCUT2D eigenvalue weighted by Crippen LogP contribution is 2.18. The van der Waals surface area contributed by atoms with Crippen molar-refractivity contribution in [3.63, 3.8) is 0 Å². The number of hydrogen-bond acceptors (Lipinski definition) is 5. The lowest BCUT2D eigenvalue weighted by Crippen LogP contribution is -2.28. The summed E-state index contributed by atoms with van der Waals surface area (Å²) in [6.45, 7) is 8.94. The average Bonchev–Trinajstić information content (AvgIpc) is 3.15. The van der Waals surface area contributed by atoms with Gasteiger partial charge in [0.25, 0.3) is 0 Å². The molecular weight excluding hydrogens is 657 g/mol. The molecule has 0 aromatic carbocycles. The molecule has 1 unspecified atom stereocenters. The van der Waals surface area contributed by atoms with Gasteiger partial charge in [-0.1, -0.05) is 240 Å². The smallest absolute Gasteiger partial charge is 0.306 e. The molecule has 0 aromatic heterocycles. The minimum atomic E-state index is -0.764. The number of rotatable bonds is 43. The molecule has 0 aromatic rings. The first-order valence-electron chi connectivity index (χ1n) is 23.8. The van der Waals surface area contributed by atoms with Crippen LogP contribution in [0.2, 0.25) is 0 Å². The summed E-state index contributed by atoms with van der Waals surface area (Å²) in [6, 6.07) is 0. The summed E-state index contributed by atoms with van der Waals surface area (Å²) in [6.07, 6.45) is 46.0. The summed E-state index contributed by atoms with van der Waals surface area (Å²) in [5, 5.41) is 9.60. The highest BCUT2D eigenvalue weighted by Gasteiger charge is 2.16. The summed E-state index contributed by atoms with van der Waals surface area (Å²) in [7, 11) is 0. The fourth-order valence-corrected chi connectivity index (χ4v) is 7.36. The van der Waals surface area contributed by atoms with Crippen LogP contribution in [0, 0.1) is 11.8 Å². The fourth-order valence-electron chi connectivity index (χ4n) is 7.36. The van der Waals surface area contributed by atoms with E-state index in [4.69, 9.17) is 9.47 Å². The Balaban J connectivity index is 3.45. The topological polar surface area (TPSA) is 72.8 Å². The van der Waals surface area contributed by atoms with Crippen LogP contribution in [-0.4, -0.2) is 36.4 Å². The molecule has 0 spiro atoms. The highest BCUT2D eigenvalue weighted by atomic mass is 16.6. The lowest BCUT2D eigenvalue weighted by molar-refractivity contribution is -0.161. The molecule has 0 aliphatic heterocycles. The minimum Gasteiger partial charge on any atom is -0.462 e. The predicted molar refractivity (Wildman–Crippen MR) is 228 cm³/mol. The van der Waals surface area contributed by atoms with Crippen molar-refractivity contribution >= 4 is 11.9 Å². The number of carbonyl (C=O) groups excluding carboxylic acids is 2. The number of carbonyl (C=O) groups is 2. The van der Waals surface area contributed by atoms with E-state index in [0.717, 1.165) is 43.9 Å². The third-order valence-electron chi connectivity index (χ3n) is 11.4. The van der Waals surface area contributed by atoms with Gasteiger partial charge in [0.2, 0.25) is 0 Å². The molecule has 5 nitrogen and oxygen atoms in total. The summed E-state index contributed by atoms with van der Waals surface area (Å²) in [5.41, 5.74) is 0. The van der Waals surface area contributed by atoms with E-state index in [1.165, 1.54) is 193 Å². The molecule has 0 rings (SSSR count). The number of unbranched alkanes of at least 4 members (excludes halogenated alkanes) is 30. The second kappa shape index (κ2) is 42.1. The first-order valence-corrected chi connectivity index (χ1v) is 23.8. The summed E-state index contributed by atoms with van der Waals surface area (Å²) < 4.78 is 10.7. The van der Waals surface area contributed by atoms with Crippen molar-refractivity contribution in [2.45, 2.75) is 271 Å². The average molecular weight is 751 g/mol. The molecule has 53 heavy (non-hydrogen) atoms. The molecule has 0 radical (unpaired) electrons. The van der Waals surface area contributed by atoms with E-state index < -0.39 is 6.10 Å². The van der Waals surface area contributed by atoms with Crippen LogP contribution >= 0.6 is 0 Å². The summed E-state index contributed by atoms with van der Waals surface area (Å²) >= 11 is 0. The quantitative estimate of drug-likeness (QED) is 0.0496. The van der Waals surface area contributed by atoms with Gasteiger partial charge in [-0.05, 0) is 24.7 Å². The normalized spacial score (nSPS) is 12.7. The Bertz CT molecular complexity index is 752. The van der Waals surface area contributed by atoms with Crippen molar-refractivity contribution in [1.82, 2.24) is 0 Å². The Labute approximate surface area is 331 Å². The molecule has 0 saturated heterocycles. The number of aliphatic hydroxyl groups is 1. The summed E-state index contributed by atoms with van der Waals surface area (Å²) in [4.78, 5) is 24.4. The Kier molecular flexibility index (Phi) is 41.2. The van der Waals surface area contributed by atoms with Crippen LogP contribution in [0.25, 0.3) is 0 Å². The van der Waals surface area contributed by atoms with Gasteiger partial charge in [-0.2, -0.15) is 0 Å². The van der Waals surface area contributed by atoms with Crippen LogP contribution in [0.5, 0.6) is 0 Å². The predicted octanol–water partition coefficient (Wildman–Crippen LogP) is 15.2. The number of esters is 2. The van der Waals surface area contributed by atoms with E-state index in [0.29, 0.717) is 12.8 Å². The Hall–Kier alpha value is -1.10. The first kappa shape index (κ1) is 51.9. The molecule has 2 atom stereocenters. The van der Waals surface area contributed by atoms with Crippen LogP contribution in [0.4, 0.5) is 0 Å². The van der Waals surface area contributed by atoms with Gasteiger partial charge in [0, 0.05) is 12.8 Å². The van der Waals surface area contributed by atoms with E-state index in [9.17, 15) is 14.7 Å². The van der Waals surface area contributed by atoms with Crippen LogP contribution in [0.3, 0.4) is 0 Å². The zero-order valence-electron chi connectivity index (χ0n) is 36.4. The molecule has 0 amide bonds. The van der Waals surface area contributed by atoms with Crippen LogP contribution in [-0.2, 0) is 19.1 Å². The zero-order valence-corrected chi connectivity index (χ0v) is 36.4. The van der Waals surface area contributed by atoms with E-state index >= 15 is 0 Å². The third-order valence-corrected chi connectivity index (χ3v) is 11.4. The Morgan fingerprint density at radius 3 is 1.06 bits per heavy atom. The van der Waals surface area contributed by atoms with Crippen molar-refractivity contribution in [2.75, 3.05) is 13.2 Å². The Morgan fingerprint density at radius 2 is 0.736 bits per heavy atom. The maximum absolute atomic E-state index is 12.2. The van der Waals surface area contributed by atoms with Crippen LogP contribution in [0.1, 0.15) is 265 Å². The maximum Gasteiger partial charge on any atom is 0.306 e. The van der Waals surface area contributed by atoms with Crippen molar-refractivity contribution in [1.29, 1.82) is 0 Å². The van der Waals surface area contributed by atoms with Gasteiger partial charge in [0.05, 0.1) is 6.61 Å². The standard InChI is InChI=1S/C48H94O5/c1-5-45(4)39-35-31-27-23-19-15-10-8-6-7-9-11-16-20-24-28-32-36-40-47(50)52-43-46(42-49)53-48(51)41-37-33-29-25-21-17-13-12-14-18-22-26-30-34-38-44(2)3/h44-46,49H,5-43H2,1-4H3/t45?,46-/m0/s1. The molecule has 0 heterocycles. The van der Waals surface area contributed by atoms with Gasteiger partial charge in [-0.3, -0.25) is 9.59 Å².